The van der Waals surface area contributed by atoms with Crippen molar-refractivity contribution < 1.29 is 24.1 Å². The average Bonchev–Trinajstić information content (AvgIpc) is 2.59. The third-order valence-electron chi connectivity index (χ3n) is 4.46. The van der Waals surface area contributed by atoms with Gasteiger partial charge < -0.3 is 20.1 Å². The first-order valence-corrected chi connectivity index (χ1v) is 10.9. The lowest BCUT2D eigenvalue weighted by atomic mass is 9.91. The minimum atomic E-state index is -3.38. The third-order valence-corrected chi connectivity index (χ3v) is 6.54. The monoisotopic (exact) mass is 369 g/mol. The first-order chi connectivity index (χ1) is 11.9. The van der Waals surface area contributed by atoms with Gasteiger partial charge >= 0.3 is 6.09 Å². The number of aliphatic hydroxyl groups is 1. The fourth-order valence-electron chi connectivity index (χ4n) is 3.22. The van der Waals surface area contributed by atoms with Crippen LogP contribution in [0, 0.1) is 5.92 Å². The highest BCUT2D eigenvalue weighted by Gasteiger charge is 2.28. The van der Waals surface area contributed by atoms with Crippen molar-refractivity contribution in [3.8, 4) is 0 Å². The second-order valence-electron chi connectivity index (χ2n) is 6.81. The molecule has 0 heterocycles. The Kier molecular flexibility index (Phi) is 7.94. The van der Waals surface area contributed by atoms with Gasteiger partial charge in [0, 0.05) is 12.7 Å². The number of nitrogens with one attached hydrogen (secondary N) is 1. The minimum Gasteiger partial charge on any atom is -0.445 e. The maximum atomic E-state index is 12.3. The molecular formula is C18H28NO5P. The van der Waals surface area contributed by atoms with Gasteiger partial charge in [-0.05, 0) is 24.3 Å². The normalized spacial score (nSPS) is 19.0. The Morgan fingerprint density at radius 3 is 2.60 bits per heavy atom. The van der Waals surface area contributed by atoms with Crippen LogP contribution in [0.5, 0.6) is 0 Å². The molecule has 0 bridgehead atoms. The lowest BCUT2D eigenvalue weighted by Crippen LogP contribution is -2.34. The van der Waals surface area contributed by atoms with Gasteiger partial charge in [-0.1, -0.05) is 49.6 Å². The molecule has 1 aliphatic carbocycles. The van der Waals surface area contributed by atoms with Gasteiger partial charge in [0.1, 0.15) is 6.61 Å². The highest BCUT2D eigenvalue weighted by Crippen LogP contribution is 2.45. The van der Waals surface area contributed by atoms with E-state index in [4.69, 9.17) is 4.74 Å². The Bertz CT molecular complexity index is 574. The van der Waals surface area contributed by atoms with E-state index in [1.54, 1.807) is 0 Å². The van der Waals surface area contributed by atoms with E-state index in [1.165, 1.54) is 6.42 Å². The van der Waals surface area contributed by atoms with Gasteiger partial charge in [-0.15, -0.1) is 0 Å². The van der Waals surface area contributed by atoms with E-state index in [2.05, 4.69) is 5.32 Å². The summed E-state index contributed by atoms with van der Waals surface area (Å²) >= 11 is 0. The molecule has 2 unspecified atom stereocenters. The molecule has 1 fully saturated rings. The van der Waals surface area contributed by atoms with E-state index in [1.807, 2.05) is 30.3 Å². The van der Waals surface area contributed by atoms with Crippen molar-refractivity contribution in [2.75, 3.05) is 18.9 Å². The molecule has 25 heavy (non-hydrogen) atoms. The molecule has 7 heteroatoms. The standard InChI is InChI=1S/C18H28NO5P/c20-17(14-25(22,23)13-16-9-5-2-6-10-16)11-19-18(21)24-12-15-7-3-1-4-8-15/h1,3-4,7-8,16-17,20H,2,5-6,9-14H2,(H,19,21)(H,22,23). The number of hydrogen-bond donors (Lipinski definition) is 3. The van der Waals surface area contributed by atoms with Crippen LogP contribution in [0.2, 0.25) is 0 Å². The zero-order valence-corrected chi connectivity index (χ0v) is 15.4. The zero-order chi connectivity index (χ0) is 18.1. The zero-order valence-electron chi connectivity index (χ0n) is 14.5. The topological polar surface area (TPSA) is 95.9 Å². The van der Waals surface area contributed by atoms with Crippen molar-refractivity contribution in [2.24, 2.45) is 5.92 Å². The molecular weight excluding hydrogens is 341 g/mol. The van der Waals surface area contributed by atoms with Crippen molar-refractivity contribution >= 4 is 13.5 Å². The Morgan fingerprint density at radius 2 is 1.92 bits per heavy atom. The Balaban J connectivity index is 1.65. The quantitative estimate of drug-likeness (QED) is 0.612. The molecule has 1 aromatic rings. The number of aliphatic hydroxyl groups excluding tert-OH is 1. The lowest BCUT2D eigenvalue weighted by molar-refractivity contribution is 0.129. The van der Waals surface area contributed by atoms with Gasteiger partial charge in [0.2, 0.25) is 7.37 Å². The van der Waals surface area contributed by atoms with Gasteiger partial charge in [-0.3, -0.25) is 4.57 Å². The summed E-state index contributed by atoms with van der Waals surface area (Å²) in [5.74, 6) is 0.278. The molecule has 0 spiro atoms. The highest BCUT2D eigenvalue weighted by atomic mass is 31.2. The maximum Gasteiger partial charge on any atom is 0.407 e. The number of ether oxygens (including phenoxy) is 1. The molecule has 1 aromatic carbocycles. The molecule has 1 amide bonds. The summed E-state index contributed by atoms with van der Waals surface area (Å²) in [4.78, 5) is 21.7. The minimum absolute atomic E-state index is 0.0944. The average molecular weight is 369 g/mol. The van der Waals surface area contributed by atoms with Gasteiger partial charge in [0.25, 0.3) is 0 Å². The Morgan fingerprint density at radius 1 is 1.24 bits per heavy atom. The number of benzene rings is 1. The lowest BCUT2D eigenvalue weighted by Gasteiger charge is -2.25. The van der Waals surface area contributed by atoms with E-state index >= 15 is 0 Å². The first-order valence-electron chi connectivity index (χ1n) is 8.88. The molecule has 1 saturated carbocycles. The molecule has 3 N–H and O–H groups in total. The number of carbonyl (C=O) groups is 1. The van der Waals surface area contributed by atoms with E-state index in [0.29, 0.717) is 0 Å². The summed E-state index contributed by atoms with van der Waals surface area (Å²) in [6.07, 6.45) is 3.78. The molecule has 6 nitrogen and oxygen atoms in total. The van der Waals surface area contributed by atoms with Gasteiger partial charge in [0.15, 0.2) is 0 Å². The van der Waals surface area contributed by atoms with Gasteiger partial charge in [-0.2, -0.15) is 0 Å². The smallest absolute Gasteiger partial charge is 0.407 e. The number of carbonyl (C=O) groups excluding carboxylic acids is 1. The number of hydrogen-bond acceptors (Lipinski definition) is 4. The molecule has 0 aromatic heterocycles. The van der Waals surface area contributed by atoms with E-state index in [0.717, 1.165) is 31.2 Å². The van der Waals surface area contributed by atoms with Crippen molar-refractivity contribution in [1.29, 1.82) is 0 Å². The van der Waals surface area contributed by atoms with Crippen LogP contribution in [0.15, 0.2) is 30.3 Å². The van der Waals surface area contributed by atoms with Crippen molar-refractivity contribution in [2.45, 2.75) is 44.8 Å². The molecule has 0 radical (unpaired) electrons. The summed E-state index contributed by atoms with van der Waals surface area (Å²) in [6.45, 7) is 0.0474. The van der Waals surface area contributed by atoms with E-state index < -0.39 is 19.6 Å². The van der Waals surface area contributed by atoms with Gasteiger partial charge in [-0.25, -0.2) is 4.79 Å². The molecule has 0 saturated heterocycles. The summed E-state index contributed by atoms with van der Waals surface area (Å²) in [5, 5.41) is 12.4. The highest BCUT2D eigenvalue weighted by molar-refractivity contribution is 7.58. The van der Waals surface area contributed by atoms with Crippen molar-refractivity contribution in [1.82, 2.24) is 5.32 Å². The van der Waals surface area contributed by atoms with E-state index in [-0.39, 0.29) is 31.4 Å². The summed E-state index contributed by atoms with van der Waals surface area (Å²) < 4.78 is 17.3. The summed E-state index contributed by atoms with van der Waals surface area (Å²) in [6, 6.07) is 9.27. The van der Waals surface area contributed by atoms with Crippen LogP contribution >= 0.6 is 7.37 Å². The second kappa shape index (κ2) is 9.95. The van der Waals surface area contributed by atoms with Crippen LogP contribution in [0.3, 0.4) is 0 Å². The molecule has 2 rings (SSSR count). The third kappa shape index (κ3) is 8.04. The van der Waals surface area contributed by atoms with Crippen LogP contribution in [0.1, 0.15) is 37.7 Å². The number of amides is 1. The Hall–Kier alpha value is -1.36. The molecule has 140 valence electrons. The van der Waals surface area contributed by atoms with Crippen LogP contribution in [-0.2, 0) is 15.9 Å². The number of alkyl carbamates (subject to hydrolysis) is 1. The predicted molar refractivity (Wildman–Crippen MR) is 96.8 cm³/mol. The van der Waals surface area contributed by atoms with Crippen molar-refractivity contribution in [3.05, 3.63) is 35.9 Å². The predicted octanol–water partition coefficient (Wildman–Crippen LogP) is 3.12. The van der Waals surface area contributed by atoms with Crippen LogP contribution in [0.4, 0.5) is 4.79 Å². The SMILES string of the molecule is O=C(NCC(O)CP(=O)(O)CC1CCCCC1)OCc1ccccc1. The molecule has 0 aliphatic heterocycles. The summed E-state index contributed by atoms with van der Waals surface area (Å²) in [7, 11) is -3.38. The van der Waals surface area contributed by atoms with Gasteiger partial charge in [0.05, 0.1) is 12.3 Å². The van der Waals surface area contributed by atoms with Crippen LogP contribution in [-0.4, -0.2) is 41.1 Å². The number of rotatable bonds is 8. The second-order valence-corrected chi connectivity index (χ2v) is 9.23. The maximum absolute atomic E-state index is 12.3. The van der Waals surface area contributed by atoms with Crippen LogP contribution in [0.25, 0.3) is 0 Å². The largest absolute Gasteiger partial charge is 0.445 e. The van der Waals surface area contributed by atoms with Crippen LogP contribution < -0.4 is 5.32 Å². The molecule has 2 atom stereocenters. The first kappa shape index (κ1) is 20.0. The summed E-state index contributed by atoms with van der Waals surface area (Å²) in [5.41, 5.74) is 0.866. The Labute approximate surface area is 149 Å². The molecule has 1 aliphatic rings. The fraction of sp³-hybridized carbons (Fsp3) is 0.611. The fourth-order valence-corrected chi connectivity index (χ4v) is 5.33. The van der Waals surface area contributed by atoms with Crippen molar-refractivity contribution in [3.63, 3.8) is 0 Å². The van der Waals surface area contributed by atoms with E-state index in [9.17, 15) is 19.4 Å².